The van der Waals surface area contributed by atoms with Crippen LogP contribution in [0.3, 0.4) is 0 Å². The van der Waals surface area contributed by atoms with Gasteiger partial charge < -0.3 is 4.90 Å². The molecule has 2 aromatic rings. The highest BCUT2D eigenvalue weighted by molar-refractivity contribution is 7.18. The van der Waals surface area contributed by atoms with Gasteiger partial charge in [-0.15, -0.1) is 11.3 Å². The molecule has 3 unspecified atom stereocenters. The van der Waals surface area contributed by atoms with E-state index in [-0.39, 0.29) is 11.9 Å². The second kappa shape index (κ2) is 7.47. The van der Waals surface area contributed by atoms with E-state index < -0.39 is 0 Å². The van der Waals surface area contributed by atoms with Crippen LogP contribution in [-0.2, 0) is 11.3 Å². The molecular weight excluding hydrogens is 358 g/mol. The number of piperazine rings is 1. The molecule has 6 nitrogen and oxygen atoms in total. The molecule has 0 spiro atoms. The van der Waals surface area contributed by atoms with Gasteiger partial charge in [-0.3, -0.25) is 15.1 Å². The number of hydrogen-bond acceptors (Lipinski definition) is 6. The molecule has 2 N–H and O–H groups in total. The number of rotatable bonds is 3. The van der Waals surface area contributed by atoms with E-state index in [1.807, 2.05) is 6.07 Å². The van der Waals surface area contributed by atoms with E-state index in [9.17, 15) is 4.79 Å². The van der Waals surface area contributed by atoms with Crippen LogP contribution in [0.15, 0.2) is 24.3 Å². The largest absolute Gasteiger partial charge is 0.339 e. The van der Waals surface area contributed by atoms with E-state index in [0.29, 0.717) is 12.0 Å². The van der Waals surface area contributed by atoms with Crippen molar-refractivity contribution in [1.82, 2.24) is 25.6 Å². The molecule has 1 aromatic carbocycles. The summed E-state index contributed by atoms with van der Waals surface area (Å²) >= 11 is 1.78. The zero-order valence-corrected chi connectivity index (χ0v) is 16.4. The van der Waals surface area contributed by atoms with Crippen LogP contribution in [0.5, 0.6) is 0 Å². The topological polar surface area (TPSA) is 60.5 Å². The monoisotopic (exact) mass is 385 g/mol. The van der Waals surface area contributed by atoms with Crippen LogP contribution >= 0.6 is 11.3 Å². The Hall–Kier alpha value is -1.54. The molecule has 1 saturated carbocycles. The van der Waals surface area contributed by atoms with Crippen molar-refractivity contribution in [2.24, 2.45) is 5.92 Å². The first kappa shape index (κ1) is 17.6. The maximum atomic E-state index is 13.0. The number of carbonyl (C=O) groups excluding carboxylic acids is 1. The number of aromatic nitrogens is 1. The van der Waals surface area contributed by atoms with Gasteiger partial charge in [-0.25, -0.2) is 10.4 Å². The number of amides is 1. The molecule has 1 aliphatic carbocycles. The van der Waals surface area contributed by atoms with Crippen LogP contribution in [0.2, 0.25) is 0 Å². The van der Waals surface area contributed by atoms with Gasteiger partial charge in [-0.05, 0) is 25.0 Å². The van der Waals surface area contributed by atoms with Crippen LogP contribution in [0.25, 0.3) is 10.2 Å². The van der Waals surface area contributed by atoms with Gasteiger partial charge in [-0.1, -0.05) is 25.0 Å². The van der Waals surface area contributed by atoms with Crippen molar-refractivity contribution in [2.45, 2.75) is 44.3 Å². The number of nitrogens with one attached hydrogen (secondary N) is 2. The fourth-order valence-electron chi connectivity index (χ4n) is 4.79. The van der Waals surface area contributed by atoms with Gasteiger partial charge in [-0.2, -0.15) is 0 Å². The third-order valence-corrected chi connectivity index (χ3v) is 7.34. The molecule has 27 heavy (non-hydrogen) atoms. The molecular formula is C20H27N5OS. The van der Waals surface area contributed by atoms with E-state index in [2.05, 4.69) is 38.9 Å². The highest BCUT2D eigenvalue weighted by atomic mass is 32.1. The van der Waals surface area contributed by atoms with Crippen molar-refractivity contribution < 1.29 is 4.79 Å². The SMILES string of the molecule is O=C(C1NNC2CCCCC21)N1CCN(Cc2nc3ccccc3s2)CC1. The third kappa shape index (κ3) is 3.49. The van der Waals surface area contributed by atoms with Crippen molar-refractivity contribution in [3.8, 4) is 0 Å². The first-order valence-electron chi connectivity index (χ1n) is 10.1. The lowest BCUT2D eigenvalue weighted by Gasteiger charge is -2.36. The number of nitrogens with zero attached hydrogens (tertiary/aromatic N) is 3. The lowest BCUT2D eigenvalue weighted by Crippen LogP contribution is -2.54. The average molecular weight is 386 g/mol. The third-order valence-electron chi connectivity index (χ3n) is 6.32. The summed E-state index contributed by atoms with van der Waals surface area (Å²) in [5, 5.41) is 1.17. The van der Waals surface area contributed by atoms with Crippen LogP contribution < -0.4 is 10.9 Å². The summed E-state index contributed by atoms with van der Waals surface area (Å²) < 4.78 is 1.25. The molecule has 3 atom stereocenters. The van der Waals surface area contributed by atoms with Gasteiger partial charge in [0, 0.05) is 38.1 Å². The number of para-hydroxylation sites is 1. The van der Waals surface area contributed by atoms with E-state index in [4.69, 9.17) is 4.98 Å². The molecule has 7 heteroatoms. The molecule has 0 radical (unpaired) electrons. The smallest absolute Gasteiger partial charge is 0.241 e. The number of hydrogen-bond donors (Lipinski definition) is 2. The average Bonchev–Trinajstić information content (AvgIpc) is 3.31. The van der Waals surface area contributed by atoms with Crippen molar-refractivity contribution in [2.75, 3.05) is 26.2 Å². The van der Waals surface area contributed by atoms with E-state index in [1.54, 1.807) is 11.3 Å². The summed E-state index contributed by atoms with van der Waals surface area (Å²) in [4.78, 5) is 22.3. The molecule has 3 fully saturated rings. The normalized spacial score (nSPS) is 29.2. The van der Waals surface area contributed by atoms with Gasteiger partial charge in [0.1, 0.15) is 11.0 Å². The van der Waals surface area contributed by atoms with Crippen molar-refractivity contribution in [3.63, 3.8) is 0 Å². The first-order valence-corrected chi connectivity index (χ1v) is 11.0. The lowest BCUT2D eigenvalue weighted by molar-refractivity contribution is -0.136. The van der Waals surface area contributed by atoms with Gasteiger partial charge in [0.15, 0.2) is 0 Å². The highest BCUT2D eigenvalue weighted by Gasteiger charge is 2.42. The number of carbonyl (C=O) groups is 1. The van der Waals surface area contributed by atoms with Gasteiger partial charge in [0.25, 0.3) is 0 Å². The fourth-order valence-corrected chi connectivity index (χ4v) is 5.80. The summed E-state index contributed by atoms with van der Waals surface area (Å²) in [7, 11) is 0. The van der Waals surface area contributed by atoms with Crippen molar-refractivity contribution in [1.29, 1.82) is 0 Å². The molecule has 1 aromatic heterocycles. The van der Waals surface area contributed by atoms with E-state index >= 15 is 0 Å². The van der Waals surface area contributed by atoms with Gasteiger partial charge >= 0.3 is 0 Å². The first-order chi connectivity index (χ1) is 13.3. The lowest BCUT2D eigenvalue weighted by atomic mass is 9.81. The van der Waals surface area contributed by atoms with Crippen LogP contribution in [0.4, 0.5) is 0 Å². The number of thiazole rings is 1. The van der Waals surface area contributed by atoms with Gasteiger partial charge in [0.2, 0.25) is 5.91 Å². The Kier molecular flexibility index (Phi) is 4.85. The number of hydrazine groups is 1. The standard InChI is InChI=1S/C20H27N5OS/c26-20(19-14-5-1-2-6-15(14)22-23-19)25-11-9-24(10-12-25)13-18-21-16-7-3-4-8-17(16)27-18/h3-4,7-8,14-15,19,22-23H,1-2,5-6,9-13H2. The molecule has 5 rings (SSSR count). The van der Waals surface area contributed by atoms with Crippen molar-refractivity contribution >= 4 is 27.5 Å². The quantitative estimate of drug-likeness (QED) is 0.846. The maximum Gasteiger partial charge on any atom is 0.241 e. The zero-order valence-electron chi connectivity index (χ0n) is 15.6. The molecule has 3 aliphatic rings. The molecule has 2 saturated heterocycles. The van der Waals surface area contributed by atoms with Crippen LogP contribution in [-0.4, -0.2) is 59.0 Å². The van der Waals surface area contributed by atoms with Gasteiger partial charge in [0.05, 0.1) is 16.8 Å². The Morgan fingerprint density at radius 2 is 1.93 bits per heavy atom. The Labute approximate surface area is 163 Å². The summed E-state index contributed by atoms with van der Waals surface area (Å²) in [5.41, 5.74) is 7.76. The molecule has 1 amide bonds. The zero-order chi connectivity index (χ0) is 18.2. The minimum atomic E-state index is -0.0360. The van der Waals surface area contributed by atoms with E-state index in [0.717, 1.165) is 38.2 Å². The van der Waals surface area contributed by atoms with Crippen LogP contribution in [0, 0.1) is 5.92 Å². The molecule has 3 heterocycles. The molecule has 2 aliphatic heterocycles. The molecule has 144 valence electrons. The summed E-state index contributed by atoms with van der Waals surface area (Å²) in [6, 6.07) is 8.76. The summed E-state index contributed by atoms with van der Waals surface area (Å²) in [5.74, 6) is 0.753. The minimum Gasteiger partial charge on any atom is -0.339 e. The van der Waals surface area contributed by atoms with Crippen LogP contribution in [0.1, 0.15) is 30.7 Å². The Bertz CT molecular complexity index is 783. The fraction of sp³-hybridized carbons (Fsp3) is 0.600. The predicted octanol–water partition coefficient (Wildman–Crippen LogP) is 1.98. The highest BCUT2D eigenvalue weighted by Crippen LogP contribution is 2.31. The summed E-state index contributed by atoms with van der Waals surface area (Å²) in [6.07, 6.45) is 4.89. The second-order valence-corrected chi connectivity index (χ2v) is 9.11. The number of fused-ring (bicyclic) bond motifs is 2. The van der Waals surface area contributed by atoms with E-state index in [1.165, 1.54) is 35.4 Å². The molecule has 0 bridgehead atoms. The summed E-state index contributed by atoms with van der Waals surface area (Å²) in [6.45, 7) is 4.37. The predicted molar refractivity (Wildman–Crippen MR) is 107 cm³/mol. The minimum absolute atomic E-state index is 0.0360. The number of benzene rings is 1. The Morgan fingerprint density at radius 3 is 2.78 bits per heavy atom. The Morgan fingerprint density at radius 1 is 1.11 bits per heavy atom. The second-order valence-electron chi connectivity index (χ2n) is 8.00. The Balaban J connectivity index is 1.17. The van der Waals surface area contributed by atoms with Crippen molar-refractivity contribution in [3.05, 3.63) is 29.3 Å². The maximum absolute atomic E-state index is 13.0.